The molecule has 1 aromatic carbocycles. The van der Waals surface area contributed by atoms with E-state index in [1.165, 1.54) is 0 Å². The summed E-state index contributed by atoms with van der Waals surface area (Å²) in [5.41, 5.74) is 1.28. The van der Waals surface area contributed by atoms with Crippen molar-refractivity contribution >= 4 is 17.6 Å². The molecule has 2 aromatic rings. The van der Waals surface area contributed by atoms with Gasteiger partial charge in [-0.05, 0) is 43.3 Å². The van der Waals surface area contributed by atoms with Gasteiger partial charge in [-0.2, -0.15) is 0 Å². The van der Waals surface area contributed by atoms with Gasteiger partial charge in [0.25, 0.3) is 0 Å². The molecule has 0 N–H and O–H groups in total. The molecule has 1 aromatic heterocycles. The fraction of sp³-hybridized carbons (Fsp3) is 0.200. The predicted molar refractivity (Wildman–Crippen MR) is 76.0 cm³/mol. The lowest BCUT2D eigenvalue weighted by molar-refractivity contribution is 0.0526. The molecule has 0 fully saturated rings. The average molecular weight is 292 g/mol. The van der Waals surface area contributed by atoms with Gasteiger partial charge in [-0.15, -0.1) is 0 Å². The molecule has 0 aliphatic carbocycles. The Morgan fingerprint density at radius 1 is 1.20 bits per heavy atom. The highest BCUT2D eigenvalue weighted by molar-refractivity contribution is 6.30. The molecule has 1 heterocycles. The first-order valence-corrected chi connectivity index (χ1v) is 6.57. The monoisotopic (exact) mass is 291 g/mol. The molecule has 5 heteroatoms. The van der Waals surface area contributed by atoms with Crippen molar-refractivity contribution in [2.24, 2.45) is 0 Å². The lowest BCUT2D eigenvalue weighted by Crippen LogP contribution is -2.04. The number of esters is 1. The first-order chi connectivity index (χ1) is 9.69. The molecule has 0 amide bonds. The van der Waals surface area contributed by atoms with Crippen LogP contribution in [0, 0.1) is 0 Å². The summed E-state index contributed by atoms with van der Waals surface area (Å²) in [7, 11) is 0. The Hall–Kier alpha value is -2.07. The summed E-state index contributed by atoms with van der Waals surface area (Å²) in [6.45, 7) is 2.48. The minimum atomic E-state index is -0.335. The Morgan fingerprint density at radius 2 is 1.95 bits per heavy atom. The van der Waals surface area contributed by atoms with Gasteiger partial charge in [-0.1, -0.05) is 11.6 Å². The van der Waals surface area contributed by atoms with E-state index in [1.54, 1.807) is 49.5 Å². The molecular formula is C15H14ClNO3. The zero-order chi connectivity index (χ0) is 14.4. The van der Waals surface area contributed by atoms with Crippen molar-refractivity contribution in [1.29, 1.82) is 0 Å². The maximum Gasteiger partial charge on any atom is 0.338 e. The summed E-state index contributed by atoms with van der Waals surface area (Å²) in [5, 5.41) is 0.590. The molecule has 0 atom stereocenters. The zero-order valence-corrected chi connectivity index (χ0v) is 11.8. The van der Waals surface area contributed by atoms with Crippen LogP contribution in [0.25, 0.3) is 0 Å². The highest BCUT2D eigenvalue weighted by atomic mass is 35.5. The number of rotatable bonds is 5. The number of halogens is 1. The van der Waals surface area contributed by atoms with E-state index in [9.17, 15) is 4.79 Å². The number of nitrogens with zero attached hydrogens (tertiary/aromatic N) is 1. The third-order valence-electron chi connectivity index (χ3n) is 2.54. The van der Waals surface area contributed by atoms with Gasteiger partial charge in [0.1, 0.15) is 12.4 Å². The molecule has 0 aliphatic heterocycles. The van der Waals surface area contributed by atoms with E-state index in [0.29, 0.717) is 29.5 Å². The molecule has 104 valence electrons. The molecule has 2 rings (SSSR count). The number of carbonyl (C=O) groups excluding carboxylic acids is 1. The lowest BCUT2D eigenvalue weighted by atomic mass is 10.2. The summed E-state index contributed by atoms with van der Waals surface area (Å²) in [4.78, 5) is 15.6. The summed E-state index contributed by atoms with van der Waals surface area (Å²) >= 11 is 5.75. The summed E-state index contributed by atoms with van der Waals surface area (Å²) in [6.07, 6.45) is 1.57. The number of aromatic nitrogens is 1. The van der Waals surface area contributed by atoms with E-state index in [4.69, 9.17) is 21.1 Å². The maximum absolute atomic E-state index is 11.5. The van der Waals surface area contributed by atoms with E-state index < -0.39 is 0 Å². The van der Waals surface area contributed by atoms with Crippen LogP contribution < -0.4 is 4.74 Å². The molecule has 0 saturated carbocycles. The van der Waals surface area contributed by atoms with Gasteiger partial charge in [0.05, 0.1) is 22.9 Å². The molecule has 0 bridgehead atoms. The van der Waals surface area contributed by atoms with Crippen molar-refractivity contribution in [3.63, 3.8) is 0 Å². The van der Waals surface area contributed by atoms with Crippen LogP contribution in [0.3, 0.4) is 0 Å². The van der Waals surface area contributed by atoms with E-state index in [-0.39, 0.29) is 5.97 Å². The van der Waals surface area contributed by atoms with Gasteiger partial charge >= 0.3 is 5.97 Å². The van der Waals surface area contributed by atoms with Crippen LogP contribution in [0.2, 0.25) is 5.02 Å². The Kier molecular flexibility index (Phi) is 4.96. The van der Waals surface area contributed by atoms with Gasteiger partial charge in [0, 0.05) is 6.20 Å². The highest BCUT2D eigenvalue weighted by Gasteiger charge is 2.06. The van der Waals surface area contributed by atoms with Crippen molar-refractivity contribution in [2.75, 3.05) is 6.61 Å². The van der Waals surface area contributed by atoms with Crippen LogP contribution in [0.15, 0.2) is 42.6 Å². The van der Waals surface area contributed by atoms with Gasteiger partial charge in [-0.3, -0.25) is 4.98 Å². The molecule has 4 nitrogen and oxygen atoms in total. The Balaban J connectivity index is 1.93. The number of benzene rings is 1. The fourth-order valence-electron chi connectivity index (χ4n) is 1.55. The van der Waals surface area contributed by atoms with Gasteiger partial charge in [0.15, 0.2) is 0 Å². The topological polar surface area (TPSA) is 48.4 Å². The smallest absolute Gasteiger partial charge is 0.338 e. The number of carbonyl (C=O) groups is 1. The summed E-state index contributed by atoms with van der Waals surface area (Å²) in [5.74, 6) is 0.327. The molecule has 0 spiro atoms. The van der Waals surface area contributed by atoms with Crippen LogP contribution in [-0.2, 0) is 11.3 Å². The fourth-order valence-corrected chi connectivity index (χ4v) is 1.66. The van der Waals surface area contributed by atoms with Crippen molar-refractivity contribution in [3.05, 3.63) is 58.9 Å². The number of hydrogen-bond acceptors (Lipinski definition) is 4. The Labute approximate surface area is 122 Å². The van der Waals surface area contributed by atoms with Crippen molar-refractivity contribution in [2.45, 2.75) is 13.5 Å². The third kappa shape index (κ3) is 3.96. The van der Waals surface area contributed by atoms with Gasteiger partial charge in [0.2, 0.25) is 0 Å². The summed E-state index contributed by atoms with van der Waals surface area (Å²) in [6, 6.07) is 10.3. The van der Waals surface area contributed by atoms with Crippen molar-refractivity contribution < 1.29 is 14.3 Å². The van der Waals surface area contributed by atoms with Crippen LogP contribution in [0.1, 0.15) is 23.0 Å². The Morgan fingerprint density at radius 3 is 2.55 bits per heavy atom. The van der Waals surface area contributed by atoms with E-state index in [2.05, 4.69) is 4.98 Å². The van der Waals surface area contributed by atoms with Crippen molar-refractivity contribution in [3.8, 4) is 5.75 Å². The summed E-state index contributed by atoms with van der Waals surface area (Å²) < 4.78 is 10.5. The van der Waals surface area contributed by atoms with Gasteiger partial charge in [-0.25, -0.2) is 4.79 Å². The second-order valence-electron chi connectivity index (χ2n) is 4.00. The Bertz CT molecular complexity index is 567. The first kappa shape index (κ1) is 14.3. The second kappa shape index (κ2) is 6.91. The van der Waals surface area contributed by atoms with Crippen LogP contribution in [-0.4, -0.2) is 17.6 Å². The zero-order valence-electron chi connectivity index (χ0n) is 11.0. The second-order valence-corrected chi connectivity index (χ2v) is 4.44. The molecule has 20 heavy (non-hydrogen) atoms. The van der Waals surface area contributed by atoms with E-state index in [1.807, 2.05) is 0 Å². The van der Waals surface area contributed by atoms with Crippen LogP contribution in [0.4, 0.5) is 0 Å². The maximum atomic E-state index is 11.5. The minimum absolute atomic E-state index is 0.335. The third-order valence-corrected chi connectivity index (χ3v) is 2.76. The van der Waals surface area contributed by atoms with Crippen LogP contribution in [0.5, 0.6) is 5.75 Å². The van der Waals surface area contributed by atoms with E-state index >= 15 is 0 Å². The number of ether oxygens (including phenoxy) is 2. The highest BCUT2D eigenvalue weighted by Crippen LogP contribution is 2.15. The lowest BCUT2D eigenvalue weighted by Gasteiger charge is -2.07. The SMILES string of the molecule is CCOC(=O)c1ccc(OCc2ccc(Cl)cn2)cc1. The first-order valence-electron chi connectivity index (χ1n) is 6.19. The molecule has 0 unspecified atom stereocenters. The number of hydrogen-bond donors (Lipinski definition) is 0. The standard InChI is InChI=1S/C15H14ClNO3/c1-2-19-15(18)11-3-7-14(8-4-11)20-10-13-6-5-12(16)9-17-13/h3-9H,2,10H2,1H3. The average Bonchev–Trinajstić information content (AvgIpc) is 2.47. The van der Waals surface area contributed by atoms with Crippen LogP contribution >= 0.6 is 11.6 Å². The molecule has 0 radical (unpaired) electrons. The quantitative estimate of drug-likeness (QED) is 0.791. The molecular weight excluding hydrogens is 278 g/mol. The largest absolute Gasteiger partial charge is 0.487 e. The van der Waals surface area contributed by atoms with Crippen molar-refractivity contribution in [1.82, 2.24) is 4.98 Å². The van der Waals surface area contributed by atoms with Gasteiger partial charge < -0.3 is 9.47 Å². The number of pyridine rings is 1. The molecule has 0 saturated heterocycles. The predicted octanol–water partition coefficient (Wildman–Crippen LogP) is 3.49. The normalized spacial score (nSPS) is 10.1. The molecule has 0 aliphatic rings. The van der Waals surface area contributed by atoms with E-state index in [0.717, 1.165) is 5.69 Å². The minimum Gasteiger partial charge on any atom is -0.487 e.